The fourth-order valence-corrected chi connectivity index (χ4v) is 3.78. The van der Waals surface area contributed by atoms with Crippen LogP contribution in [-0.4, -0.2) is 53.4 Å². The number of hydrogen-bond acceptors (Lipinski definition) is 4. The van der Waals surface area contributed by atoms with E-state index in [1.165, 1.54) is 12.1 Å². The molecule has 0 aliphatic carbocycles. The van der Waals surface area contributed by atoms with Crippen LogP contribution in [-0.2, 0) is 6.54 Å². The van der Waals surface area contributed by atoms with E-state index in [1.807, 2.05) is 17.0 Å². The van der Waals surface area contributed by atoms with Gasteiger partial charge in [0.25, 0.3) is 5.91 Å². The highest BCUT2D eigenvalue weighted by molar-refractivity contribution is 5.94. The van der Waals surface area contributed by atoms with E-state index in [1.54, 1.807) is 25.4 Å². The molecule has 1 fully saturated rings. The van der Waals surface area contributed by atoms with Crippen LogP contribution in [0.2, 0.25) is 0 Å². The topological polar surface area (TPSA) is 48.5 Å². The minimum Gasteiger partial charge on any atom is -0.373 e. The summed E-state index contributed by atoms with van der Waals surface area (Å²) >= 11 is 0. The fourth-order valence-electron chi connectivity index (χ4n) is 3.78. The summed E-state index contributed by atoms with van der Waals surface area (Å²) in [4.78, 5) is 21.7. The number of aromatic nitrogens is 1. The van der Waals surface area contributed by atoms with Gasteiger partial charge in [0.1, 0.15) is 11.6 Å². The Morgan fingerprint density at radius 2 is 2.00 bits per heavy atom. The van der Waals surface area contributed by atoms with Crippen molar-refractivity contribution in [1.82, 2.24) is 14.8 Å². The van der Waals surface area contributed by atoms with Gasteiger partial charge in [-0.15, -0.1) is 0 Å². The van der Waals surface area contributed by atoms with Crippen molar-refractivity contribution in [1.29, 1.82) is 0 Å². The number of carbonyl (C=O) groups excluding carboxylic acids is 1. The number of nitrogens with one attached hydrogen (secondary N) is 1. The normalized spacial score (nSPS) is 18.2. The van der Waals surface area contributed by atoms with Crippen LogP contribution in [0.4, 0.5) is 10.2 Å². The minimum atomic E-state index is -0.213. The van der Waals surface area contributed by atoms with Crippen molar-refractivity contribution in [2.75, 3.05) is 32.0 Å². The van der Waals surface area contributed by atoms with Gasteiger partial charge in [0.15, 0.2) is 0 Å². The average molecular weight is 384 g/mol. The van der Waals surface area contributed by atoms with Gasteiger partial charge in [0.05, 0.1) is 0 Å². The molecule has 0 radical (unpaired) electrons. The minimum absolute atomic E-state index is 0.0492. The zero-order chi connectivity index (χ0) is 20.1. The molecule has 0 saturated carbocycles. The highest BCUT2D eigenvalue weighted by Gasteiger charge is 2.30. The zero-order valence-electron chi connectivity index (χ0n) is 16.9. The van der Waals surface area contributed by atoms with Crippen molar-refractivity contribution in [3.63, 3.8) is 0 Å². The lowest BCUT2D eigenvalue weighted by Crippen LogP contribution is -2.45. The largest absolute Gasteiger partial charge is 0.373 e. The monoisotopic (exact) mass is 384 g/mol. The summed E-state index contributed by atoms with van der Waals surface area (Å²) in [5.74, 6) is 0.932. The van der Waals surface area contributed by atoms with E-state index in [4.69, 9.17) is 0 Å². The van der Waals surface area contributed by atoms with Gasteiger partial charge >= 0.3 is 0 Å². The SMILES string of the molecule is CNc1cc(C(=O)N2CCCN(Cc3ccc(F)cc3)C(C(C)C)C2)ccn1. The van der Waals surface area contributed by atoms with Crippen molar-refractivity contribution in [2.24, 2.45) is 5.92 Å². The third kappa shape index (κ3) is 4.87. The highest BCUT2D eigenvalue weighted by Crippen LogP contribution is 2.22. The Hall–Kier alpha value is -2.47. The van der Waals surface area contributed by atoms with Gasteiger partial charge in [-0.2, -0.15) is 0 Å². The first-order chi connectivity index (χ1) is 13.5. The predicted molar refractivity (Wildman–Crippen MR) is 110 cm³/mol. The van der Waals surface area contributed by atoms with Crippen molar-refractivity contribution >= 4 is 11.7 Å². The molecule has 2 aromatic rings. The lowest BCUT2D eigenvalue weighted by atomic mass is 10.0. The number of halogens is 1. The molecular weight excluding hydrogens is 355 g/mol. The number of nitrogens with zero attached hydrogens (tertiary/aromatic N) is 3. The van der Waals surface area contributed by atoms with Crippen LogP contribution in [0.1, 0.15) is 36.2 Å². The summed E-state index contributed by atoms with van der Waals surface area (Å²) in [6.45, 7) is 7.50. The quantitative estimate of drug-likeness (QED) is 0.855. The van der Waals surface area contributed by atoms with Gasteiger partial charge < -0.3 is 10.2 Å². The first kappa shape index (κ1) is 20.3. The molecule has 1 unspecified atom stereocenters. The lowest BCUT2D eigenvalue weighted by Gasteiger charge is -2.34. The molecule has 1 atom stereocenters. The first-order valence-corrected chi connectivity index (χ1v) is 9.89. The maximum atomic E-state index is 13.2. The Kier molecular flexibility index (Phi) is 6.62. The molecular formula is C22H29FN4O. The molecule has 150 valence electrons. The van der Waals surface area contributed by atoms with Crippen LogP contribution in [0.15, 0.2) is 42.6 Å². The summed E-state index contributed by atoms with van der Waals surface area (Å²) in [5, 5.41) is 2.99. The molecule has 3 rings (SSSR count). The third-order valence-electron chi connectivity index (χ3n) is 5.37. The molecule has 28 heavy (non-hydrogen) atoms. The number of hydrogen-bond donors (Lipinski definition) is 1. The summed E-state index contributed by atoms with van der Waals surface area (Å²) in [5.41, 5.74) is 1.76. The van der Waals surface area contributed by atoms with E-state index in [0.717, 1.165) is 31.6 Å². The molecule has 1 aromatic heterocycles. The van der Waals surface area contributed by atoms with Crippen LogP contribution in [0, 0.1) is 11.7 Å². The number of rotatable bonds is 5. The van der Waals surface area contributed by atoms with Crippen molar-refractivity contribution in [2.45, 2.75) is 32.9 Å². The summed E-state index contributed by atoms with van der Waals surface area (Å²) in [6.07, 6.45) is 2.58. The van der Waals surface area contributed by atoms with Crippen LogP contribution in [0.3, 0.4) is 0 Å². The van der Waals surface area contributed by atoms with Crippen LogP contribution in [0.25, 0.3) is 0 Å². The molecule has 1 amide bonds. The fraction of sp³-hybridized carbons (Fsp3) is 0.455. The van der Waals surface area contributed by atoms with Crippen LogP contribution >= 0.6 is 0 Å². The van der Waals surface area contributed by atoms with Gasteiger partial charge in [-0.25, -0.2) is 9.37 Å². The van der Waals surface area contributed by atoms with Gasteiger partial charge in [-0.3, -0.25) is 9.69 Å². The number of pyridine rings is 1. The molecule has 6 heteroatoms. The zero-order valence-corrected chi connectivity index (χ0v) is 16.9. The Balaban J connectivity index is 1.76. The summed E-state index contributed by atoms with van der Waals surface area (Å²) in [7, 11) is 1.80. The van der Waals surface area contributed by atoms with Crippen LogP contribution < -0.4 is 5.32 Å². The van der Waals surface area contributed by atoms with E-state index in [9.17, 15) is 9.18 Å². The Labute approximate surface area is 166 Å². The molecule has 0 spiro atoms. The second kappa shape index (κ2) is 9.15. The van der Waals surface area contributed by atoms with Gasteiger partial charge in [0, 0.05) is 51.0 Å². The maximum Gasteiger partial charge on any atom is 0.254 e. The van der Waals surface area contributed by atoms with E-state index in [0.29, 0.717) is 23.8 Å². The van der Waals surface area contributed by atoms with E-state index < -0.39 is 0 Å². The van der Waals surface area contributed by atoms with Crippen molar-refractivity contribution < 1.29 is 9.18 Å². The molecule has 1 aliphatic rings. The summed E-state index contributed by atoms with van der Waals surface area (Å²) in [6, 6.07) is 10.5. The number of anilines is 1. The Bertz CT molecular complexity index is 793. The maximum absolute atomic E-state index is 13.2. The molecule has 2 heterocycles. The van der Waals surface area contributed by atoms with Gasteiger partial charge in [0.2, 0.25) is 0 Å². The molecule has 0 bridgehead atoms. The standard InChI is InChI=1S/C22H29FN4O/c1-16(2)20-15-27(22(28)18-9-10-25-21(13-18)24-3)12-4-11-26(20)14-17-5-7-19(23)8-6-17/h5-10,13,16,20H,4,11-12,14-15H2,1-3H3,(H,24,25). The van der Waals surface area contributed by atoms with Gasteiger partial charge in [-0.1, -0.05) is 26.0 Å². The molecule has 1 aliphatic heterocycles. The third-order valence-corrected chi connectivity index (χ3v) is 5.37. The predicted octanol–water partition coefficient (Wildman–Crippen LogP) is 3.64. The first-order valence-electron chi connectivity index (χ1n) is 9.89. The Morgan fingerprint density at radius 1 is 1.25 bits per heavy atom. The number of amides is 1. The van der Waals surface area contributed by atoms with Crippen LogP contribution in [0.5, 0.6) is 0 Å². The molecule has 5 nitrogen and oxygen atoms in total. The van der Waals surface area contributed by atoms with E-state index >= 15 is 0 Å². The second-order valence-corrected chi connectivity index (χ2v) is 7.69. The molecule has 1 saturated heterocycles. The van der Waals surface area contributed by atoms with Crippen molar-refractivity contribution in [3.8, 4) is 0 Å². The number of benzene rings is 1. The van der Waals surface area contributed by atoms with E-state index in [2.05, 4.69) is 29.0 Å². The highest BCUT2D eigenvalue weighted by atomic mass is 19.1. The Morgan fingerprint density at radius 3 is 2.68 bits per heavy atom. The van der Waals surface area contributed by atoms with E-state index in [-0.39, 0.29) is 17.8 Å². The lowest BCUT2D eigenvalue weighted by molar-refractivity contribution is 0.0702. The smallest absolute Gasteiger partial charge is 0.254 e. The van der Waals surface area contributed by atoms with Crippen molar-refractivity contribution in [3.05, 3.63) is 59.5 Å². The van der Waals surface area contributed by atoms with Gasteiger partial charge in [-0.05, 0) is 42.2 Å². The molecule has 1 aromatic carbocycles. The number of carbonyl (C=O) groups is 1. The second-order valence-electron chi connectivity index (χ2n) is 7.69. The molecule has 1 N–H and O–H groups in total. The summed E-state index contributed by atoms with van der Waals surface area (Å²) < 4.78 is 13.2. The average Bonchev–Trinajstić information content (AvgIpc) is 2.92.